The van der Waals surface area contributed by atoms with Gasteiger partial charge in [0, 0.05) is 11.1 Å². The van der Waals surface area contributed by atoms with E-state index in [2.05, 4.69) is 10.5 Å². The maximum atomic E-state index is 12.2. The fraction of sp³-hybridized carbons (Fsp3) is 0.130. The molecular weight excluding hydrogens is 368 g/mol. The first kappa shape index (κ1) is 18.6. The maximum absolute atomic E-state index is 12.2. The fourth-order valence-corrected chi connectivity index (χ4v) is 2.96. The van der Waals surface area contributed by atoms with Crippen LogP contribution in [0.1, 0.15) is 12.5 Å². The van der Waals surface area contributed by atoms with E-state index < -0.39 is 0 Å². The molecule has 1 heterocycles. The molecule has 4 rings (SSSR count). The number of amides is 1. The summed E-state index contributed by atoms with van der Waals surface area (Å²) in [5, 5.41) is 4.15. The van der Waals surface area contributed by atoms with Crippen molar-refractivity contribution in [3.8, 4) is 28.4 Å². The lowest BCUT2D eigenvalue weighted by Crippen LogP contribution is -2.25. The van der Waals surface area contributed by atoms with Gasteiger partial charge in [0.05, 0.1) is 5.71 Å². The molecular formula is C23H20N2O4. The number of ether oxygens (including phenoxy) is 3. The summed E-state index contributed by atoms with van der Waals surface area (Å²) in [5.41, 5.74) is 5.98. The topological polar surface area (TPSA) is 69.2 Å². The molecule has 0 saturated heterocycles. The van der Waals surface area contributed by atoms with Crippen molar-refractivity contribution < 1.29 is 19.0 Å². The molecule has 146 valence electrons. The predicted octanol–water partition coefficient (Wildman–Crippen LogP) is 4.00. The number of hydrazone groups is 1. The second kappa shape index (κ2) is 8.48. The molecule has 6 heteroatoms. The lowest BCUT2D eigenvalue weighted by Gasteiger charge is -2.11. The first-order valence-electron chi connectivity index (χ1n) is 9.21. The van der Waals surface area contributed by atoms with Crippen molar-refractivity contribution in [2.75, 3.05) is 13.4 Å². The average Bonchev–Trinajstić information content (AvgIpc) is 3.25. The van der Waals surface area contributed by atoms with Crippen LogP contribution in [0.4, 0.5) is 0 Å². The SMILES string of the molecule is C/C(=N\NC(=O)COc1ccccc1-c1ccccc1)c1ccc2c(c1)OCO2. The molecule has 0 spiro atoms. The van der Waals surface area contributed by atoms with Crippen LogP contribution in [0.25, 0.3) is 11.1 Å². The number of nitrogens with one attached hydrogen (secondary N) is 1. The van der Waals surface area contributed by atoms with E-state index in [1.165, 1.54) is 0 Å². The average molecular weight is 388 g/mol. The summed E-state index contributed by atoms with van der Waals surface area (Å²) in [6.45, 7) is 1.89. The number of nitrogens with zero attached hydrogens (tertiary/aromatic N) is 1. The van der Waals surface area contributed by atoms with Gasteiger partial charge in [-0.2, -0.15) is 5.10 Å². The number of para-hydroxylation sites is 1. The number of carbonyl (C=O) groups excluding carboxylic acids is 1. The highest BCUT2D eigenvalue weighted by Crippen LogP contribution is 2.32. The molecule has 1 aliphatic rings. The zero-order valence-corrected chi connectivity index (χ0v) is 15.9. The number of carbonyl (C=O) groups is 1. The zero-order chi connectivity index (χ0) is 20.1. The van der Waals surface area contributed by atoms with Gasteiger partial charge in [0.25, 0.3) is 5.91 Å². The molecule has 0 unspecified atom stereocenters. The molecule has 1 amide bonds. The minimum atomic E-state index is -0.340. The van der Waals surface area contributed by atoms with E-state index in [1.807, 2.05) is 79.7 Å². The van der Waals surface area contributed by atoms with Crippen molar-refractivity contribution >= 4 is 11.6 Å². The Kier molecular flexibility index (Phi) is 5.42. The van der Waals surface area contributed by atoms with Gasteiger partial charge in [-0.25, -0.2) is 5.43 Å². The third kappa shape index (κ3) is 4.38. The summed E-state index contributed by atoms with van der Waals surface area (Å²) < 4.78 is 16.4. The monoisotopic (exact) mass is 388 g/mol. The highest BCUT2D eigenvalue weighted by molar-refractivity contribution is 5.99. The second-order valence-corrected chi connectivity index (χ2v) is 6.45. The van der Waals surface area contributed by atoms with Crippen molar-refractivity contribution in [1.82, 2.24) is 5.43 Å². The van der Waals surface area contributed by atoms with Crippen LogP contribution in [0.2, 0.25) is 0 Å². The quantitative estimate of drug-likeness (QED) is 0.512. The molecule has 0 fully saturated rings. The number of hydrogen-bond acceptors (Lipinski definition) is 5. The molecule has 1 N–H and O–H groups in total. The van der Waals surface area contributed by atoms with E-state index in [9.17, 15) is 4.79 Å². The van der Waals surface area contributed by atoms with Crippen LogP contribution in [-0.2, 0) is 4.79 Å². The van der Waals surface area contributed by atoms with Gasteiger partial charge < -0.3 is 14.2 Å². The third-order valence-electron chi connectivity index (χ3n) is 4.47. The summed E-state index contributed by atoms with van der Waals surface area (Å²) in [7, 11) is 0. The molecule has 6 nitrogen and oxygen atoms in total. The lowest BCUT2D eigenvalue weighted by atomic mass is 10.1. The highest BCUT2D eigenvalue weighted by atomic mass is 16.7. The van der Waals surface area contributed by atoms with Gasteiger partial charge in [0.15, 0.2) is 18.1 Å². The maximum Gasteiger partial charge on any atom is 0.277 e. The number of rotatable bonds is 6. The van der Waals surface area contributed by atoms with E-state index in [0.717, 1.165) is 16.7 Å². The van der Waals surface area contributed by atoms with E-state index in [-0.39, 0.29) is 19.3 Å². The van der Waals surface area contributed by atoms with E-state index >= 15 is 0 Å². The van der Waals surface area contributed by atoms with Crippen LogP contribution < -0.4 is 19.6 Å². The Hall–Kier alpha value is -3.80. The molecule has 0 bridgehead atoms. The molecule has 3 aromatic rings. The molecule has 1 aliphatic heterocycles. The molecule has 29 heavy (non-hydrogen) atoms. The zero-order valence-electron chi connectivity index (χ0n) is 15.9. The molecule has 0 aromatic heterocycles. The minimum Gasteiger partial charge on any atom is -0.483 e. The Balaban J connectivity index is 1.38. The molecule has 0 aliphatic carbocycles. The van der Waals surface area contributed by atoms with Crippen molar-refractivity contribution in [2.24, 2.45) is 5.10 Å². The Morgan fingerprint density at radius 1 is 1.00 bits per heavy atom. The normalized spacial score (nSPS) is 12.5. The van der Waals surface area contributed by atoms with Gasteiger partial charge in [0.2, 0.25) is 6.79 Å². The van der Waals surface area contributed by atoms with Crippen LogP contribution >= 0.6 is 0 Å². The third-order valence-corrected chi connectivity index (χ3v) is 4.47. The first-order valence-corrected chi connectivity index (χ1v) is 9.21. The fourth-order valence-electron chi connectivity index (χ4n) is 2.96. The summed E-state index contributed by atoms with van der Waals surface area (Å²) in [6.07, 6.45) is 0. The number of hydrogen-bond donors (Lipinski definition) is 1. The first-order chi connectivity index (χ1) is 14.2. The summed E-state index contributed by atoms with van der Waals surface area (Å²) in [5.74, 6) is 1.68. The Morgan fingerprint density at radius 2 is 1.76 bits per heavy atom. The summed E-state index contributed by atoms with van der Waals surface area (Å²) in [4.78, 5) is 12.2. The molecule has 0 radical (unpaired) electrons. The van der Waals surface area contributed by atoms with Gasteiger partial charge in [0.1, 0.15) is 5.75 Å². The molecule has 0 atom stereocenters. The van der Waals surface area contributed by atoms with Crippen molar-refractivity contribution in [1.29, 1.82) is 0 Å². The van der Waals surface area contributed by atoms with Crippen LogP contribution in [0, 0.1) is 0 Å². The minimum absolute atomic E-state index is 0.137. The van der Waals surface area contributed by atoms with Crippen molar-refractivity contribution in [3.05, 3.63) is 78.4 Å². The van der Waals surface area contributed by atoms with Crippen LogP contribution in [0.5, 0.6) is 17.2 Å². The van der Waals surface area contributed by atoms with Crippen LogP contribution in [0.3, 0.4) is 0 Å². The number of benzene rings is 3. The Bertz CT molecular complexity index is 1050. The van der Waals surface area contributed by atoms with Crippen LogP contribution in [-0.4, -0.2) is 25.0 Å². The number of fused-ring (bicyclic) bond motifs is 1. The van der Waals surface area contributed by atoms with Gasteiger partial charge in [-0.1, -0.05) is 48.5 Å². The second-order valence-electron chi connectivity index (χ2n) is 6.45. The van der Waals surface area contributed by atoms with Crippen LogP contribution in [0.15, 0.2) is 77.9 Å². The largest absolute Gasteiger partial charge is 0.483 e. The standard InChI is InChI=1S/C23H20N2O4/c1-16(18-11-12-21-22(13-18)29-15-28-21)24-25-23(26)14-27-20-10-6-5-9-19(20)17-7-3-2-4-8-17/h2-13H,14-15H2,1H3,(H,25,26)/b24-16+. The lowest BCUT2D eigenvalue weighted by molar-refractivity contribution is -0.123. The van der Waals surface area contributed by atoms with Crippen molar-refractivity contribution in [3.63, 3.8) is 0 Å². The predicted molar refractivity (Wildman–Crippen MR) is 110 cm³/mol. The smallest absolute Gasteiger partial charge is 0.277 e. The van der Waals surface area contributed by atoms with Gasteiger partial charge in [-0.3, -0.25) is 4.79 Å². The van der Waals surface area contributed by atoms with Gasteiger partial charge >= 0.3 is 0 Å². The van der Waals surface area contributed by atoms with E-state index in [4.69, 9.17) is 14.2 Å². The Labute approximate surface area is 168 Å². The van der Waals surface area contributed by atoms with Gasteiger partial charge in [-0.05, 0) is 36.8 Å². The molecule has 3 aromatic carbocycles. The van der Waals surface area contributed by atoms with Gasteiger partial charge in [-0.15, -0.1) is 0 Å². The van der Waals surface area contributed by atoms with Crippen molar-refractivity contribution in [2.45, 2.75) is 6.92 Å². The summed E-state index contributed by atoms with van der Waals surface area (Å²) >= 11 is 0. The summed E-state index contributed by atoms with van der Waals surface area (Å²) in [6, 6.07) is 23.0. The highest BCUT2D eigenvalue weighted by Gasteiger charge is 2.14. The Morgan fingerprint density at radius 3 is 2.62 bits per heavy atom. The van der Waals surface area contributed by atoms with E-state index in [0.29, 0.717) is 23.0 Å². The van der Waals surface area contributed by atoms with E-state index in [1.54, 1.807) is 0 Å². The molecule has 0 saturated carbocycles.